The molecular formula is C17H20N2O2. The van der Waals surface area contributed by atoms with Gasteiger partial charge in [-0.05, 0) is 25.5 Å². The number of fused-ring (bicyclic) bond motifs is 1. The molecule has 21 heavy (non-hydrogen) atoms. The van der Waals surface area contributed by atoms with Crippen LogP contribution in [0.15, 0.2) is 36.5 Å². The smallest absolute Gasteiger partial charge is 0.255 e. The summed E-state index contributed by atoms with van der Waals surface area (Å²) >= 11 is 0. The number of ether oxygens (including phenoxy) is 1. The van der Waals surface area contributed by atoms with Crippen LogP contribution in [0.25, 0.3) is 10.9 Å². The molecule has 1 aliphatic rings. The summed E-state index contributed by atoms with van der Waals surface area (Å²) in [5, 5.41) is 1.01. The Bertz CT molecular complexity index is 641. The van der Waals surface area contributed by atoms with Gasteiger partial charge in [0.25, 0.3) is 5.91 Å². The van der Waals surface area contributed by atoms with Gasteiger partial charge in [-0.25, -0.2) is 0 Å². The summed E-state index contributed by atoms with van der Waals surface area (Å²) in [6, 6.07) is 9.79. The maximum absolute atomic E-state index is 12.6. The number of likely N-dealkylation sites (tertiary alicyclic amines) is 1. The van der Waals surface area contributed by atoms with Crippen molar-refractivity contribution in [1.29, 1.82) is 0 Å². The Morgan fingerprint density at radius 1 is 1.43 bits per heavy atom. The molecule has 0 N–H and O–H groups in total. The van der Waals surface area contributed by atoms with Crippen molar-refractivity contribution in [3.8, 4) is 0 Å². The Labute approximate surface area is 124 Å². The van der Waals surface area contributed by atoms with Gasteiger partial charge in [0.1, 0.15) is 0 Å². The van der Waals surface area contributed by atoms with E-state index in [-0.39, 0.29) is 5.91 Å². The fourth-order valence-corrected chi connectivity index (χ4v) is 2.81. The minimum absolute atomic E-state index is 0.0762. The second-order valence-corrected chi connectivity index (χ2v) is 5.48. The maximum Gasteiger partial charge on any atom is 0.255 e. The third kappa shape index (κ3) is 3.05. The summed E-state index contributed by atoms with van der Waals surface area (Å²) in [6.07, 6.45) is 2.70. The van der Waals surface area contributed by atoms with E-state index < -0.39 is 0 Å². The molecule has 0 saturated carbocycles. The van der Waals surface area contributed by atoms with Crippen LogP contribution >= 0.6 is 0 Å². The normalized spacial score (nSPS) is 18.3. The topological polar surface area (TPSA) is 42.4 Å². The number of hydrogen-bond acceptors (Lipinski definition) is 3. The summed E-state index contributed by atoms with van der Waals surface area (Å²) in [4.78, 5) is 18.8. The molecule has 1 saturated heterocycles. The van der Waals surface area contributed by atoms with Crippen LogP contribution in [0, 0.1) is 5.92 Å². The Balaban J connectivity index is 1.72. The number of para-hydroxylation sites is 1. The highest BCUT2D eigenvalue weighted by atomic mass is 16.5. The Morgan fingerprint density at radius 3 is 3.14 bits per heavy atom. The molecule has 110 valence electrons. The lowest BCUT2D eigenvalue weighted by Gasteiger charge is -2.16. The standard InChI is InChI=1S/C17H20N2O2/c1-2-21-12-13-7-8-19(11-13)17(20)15-9-14-5-3-4-6-16(14)18-10-15/h3-6,9-10,13H,2,7-8,11-12H2,1H3. The van der Waals surface area contributed by atoms with Gasteiger partial charge in [0, 0.05) is 37.2 Å². The number of carbonyl (C=O) groups is 1. The van der Waals surface area contributed by atoms with Gasteiger partial charge in [-0.3, -0.25) is 9.78 Å². The van der Waals surface area contributed by atoms with E-state index in [1.807, 2.05) is 42.2 Å². The van der Waals surface area contributed by atoms with E-state index >= 15 is 0 Å². The van der Waals surface area contributed by atoms with E-state index in [1.165, 1.54) is 0 Å². The Hall–Kier alpha value is -1.94. The molecule has 0 radical (unpaired) electrons. The number of aromatic nitrogens is 1. The molecule has 2 heterocycles. The maximum atomic E-state index is 12.6. The van der Waals surface area contributed by atoms with E-state index in [2.05, 4.69) is 4.98 Å². The highest BCUT2D eigenvalue weighted by Gasteiger charge is 2.27. The van der Waals surface area contributed by atoms with E-state index in [0.717, 1.165) is 43.6 Å². The summed E-state index contributed by atoms with van der Waals surface area (Å²) in [5.41, 5.74) is 1.59. The van der Waals surface area contributed by atoms with Crippen molar-refractivity contribution >= 4 is 16.8 Å². The number of pyridine rings is 1. The first-order valence-electron chi connectivity index (χ1n) is 7.49. The van der Waals surface area contributed by atoms with Gasteiger partial charge in [0.15, 0.2) is 0 Å². The molecule has 0 spiro atoms. The number of carbonyl (C=O) groups excluding carboxylic acids is 1. The molecule has 2 aromatic rings. The first-order valence-corrected chi connectivity index (χ1v) is 7.49. The summed E-state index contributed by atoms with van der Waals surface area (Å²) < 4.78 is 5.46. The molecule has 0 bridgehead atoms. The van der Waals surface area contributed by atoms with E-state index in [0.29, 0.717) is 11.5 Å². The van der Waals surface area contributed by atoms with Crippen molar-refractivity contribution in [2.45, 2.75) is 13.3 Å². The van der Waals surface area contributed by atoms with Gasteiger partial charge in [0.2, 0.25) is 0 Å². The van der Waals surface area contributed by atoms with E-state index in [4.69, 9.17) is 4.74 Å². The van der Waals surface area contributed by atoms with Crippen LogP contribution < -0.4 is 0 Å². The van der Waals surface area contributed by atoms with Crippen LogP contribution in [0.2, 0.25) is 0 Å². The van der Waals surface area contributed by atoms with Gasteiger partial charge < -0.3 is 9.64 Å². The molecule has 1 amide bonds. The predicted molar refractivity (Wildman–Crippen MR) is 82.2 cm³/mol. The lowest BCUT2D eigenvalue weighted by molar-refractivity contribution is 0.0762. The van der Waals surface area contributed by atoms with Crippen LogP contribution in [0.5, 0.6) is 0 Å². The highest BCUT2D eigenvalue weighted by molar-refractivity contribution is 5.97. The minimum Gasteiger partial charge on any atom is -0.381 e. The average molecular weight is 284 g/mol. The van der Waals surface area contributed by atoms with Crippen LogP contribution in [0.3, 0.4) is 0 Å². The fraction of sp³-hybridized carbons (Fsp3) is 0.412. The SMILES string of the molecule is CCOCC1CCN(C(=O)c2cnc3ccccc3c2)C1. The third-order valence-electron chi connectivity index (χ3n) is 3.97. The molecular weight excluding hydrogens is 264 g/mol. The molecule has 1 aromatic carbocycles. The van der Waals surface area contributed by atoms with Crippen molar-refractivity contribution in [2.24, 2.45) is 5.92 Å². The monoisotopic (exact) mass is 284 g/mol. The minimum atomic E-state index is 0.0762. The molecule has 1 aliphatic heterocycles. The summed E-state index contributed by atoms with van der Waals surface area (Å²) in [5.74, 6) is 0.537. The second-order valence-electron chi connectivity index (χ2n) is 5.48. The van der Waals surface area contributed by atoms with Crippen LogP contribution in [-0.2, 0) is 4.74 Å². The van der Waals surface area contributed by atoms with E-state index in [1.54, 1.807) is 6.20 Å². The van der Waals surface area contributed by atoms with Gasteiger partial charge in [-0.1, -0.05) is 18.2 Å². The summed E-state index contributed by atoms with van der Waals surface area (Å²) in [7, 11) is 0. The van der Waals surface area contributed by atoms with Gasteiger partial charge in [-0.2, -0.15) is 0 Å². The van der Waals surface area contributed by atoms with Crippen molar-refractivity contribution in [3.63, 3.8) is 0 Å². The number of benzene rings is 1. The van der Waals surface area contributed by atoms with Gasteiger partial charge >= 0.3 is 0 Å². The first kappa shape index (κ1) is 14.0. The number of hydrogen-bond donors (Lipinski definition) is 0. The summed E-state index contributed by atoms with van der Waals surface area (Å²) in [6.45, 7) is 5.07. The van der Waals surface area contributed by atoms with E-state index in [9.17, 15) is 4.79 Å². The lowest BCUT2D eigenvalue weighted by atomic mass is 10.1. The van der Waals surface area contributed by atoms with Gasteiger partial charge in [-0.15, -0.1) is 0 Å². The van der Waals surface area contributed by atoms with Crippen molar-refractivity contribution in [2.75, 3.05) is 26.3 Å². The Kier molecular flexibility index (Phi) is 4.15. The van der Waals surface area contributed by atoms with Crippen LogP contribution in [0.1, 0.15) is 23.7 Å². The molecule has 3 rings (SSSR count). The van der Waals surface area contributed by atoms with Crippen molar-refractivity contribution < 1.29 is 9.53 Å². The van der Waals surface area contributed by atoms with Gasteiger partial charge in [0.05, 0.1) is 17.7 Å². The number of rotatable bonds is 4. The third-order valence-corrected chi connectivity index (χ3v) is 3.97. The molecule has 1 fully saturated rings. The predicted octanol–water partition coefficient (Wildman–Crippen LogP) is 2.73. The zero-order valence-corrected chi connectivity index (χ0v) is 12.3. The molecule has 1 aromatic heterocycles. The zero-order chi connectivity index (χ0) is 14.7. The quantitative estimate of drug-likeness (QED) is 0.867. The fourth-order valence-electron chi connectivity index (χ4n) is 2.81. The average Bonchev–Trinajstić information content (AvgIpc) is 3.00. The molecule has 4 nitrogen and oxygen atoms in total. The molecule has 1 unspecified atom stereocenters. The Morgan fingerprint density at radius 2 is 2.29 bits per heavy atom. The molecule has 4 heteroatoms. The largest absolute Gasteiger partial charge is 0.381 e. The lowest BCUT2D eigenvalue weighted by Crippen LogP contribution is -2.29. The molecule has 1 atom stereocenters. The highest BCUT2D eigenvalue weighted by Crippen LogP contribution is 2.20. The first-order chi connectivity index (χ1) is 10.3. The van der Waals surface area contributed by atoms with Crippen LogP contribution in [0.4, 0.5) is 0 Å². The van der Waals surface area contributed by atoms with Crippen molar-refractivity contribution in [3.05, 3.63) is 42.1 Å². The zero-order valence-electron chi connectivity index (χ0n) is 12.3. The second kappa shape index (κ2) is 6.22. The molecule has 0 aliphatic carbocycles. The van der Waals surface area contributed by atoms with Crippen LogP contribution in [-0.4, -0.2) is 42.1 Å². The number of amides is 1. The number of nitrogens with zero attached hydrogens (tertiary/aromatic N) is 2. The van der Waals surface area contributed by atoms with Crippen molar-refractivity contribution in [1.82, 2.24) is 9.88 Å².